The third kappa shape index (κ3) is 37.0. The molecule has 0 aromatic rings. The van der Waals surface area contributed by atoms with Crippen molar-refractivity contribution in [3.05, 3.63) is 0 Å². The Hall–Kier alpha value is -1.10. The van der Waals surface area contributed by atoms with E-state index < -0.39 is 0 Å². The highest BCUT2D eigenvalue weighted by Gasteiger charge is 2.04. The summed E-state index contributed by atoms with van der Waals surface area (Å²) in [5.41, 5.74) is 0. The Morgan fingerprint density at radius 2 is 0.605 bits per heavy atom. The predicted molar refractivity (Wildman–Crippen MR) is 185 cm³/mol. The van der Waals surface area contributed by atoms with Crippen LogP contribution in [0.3, 0.4) is 0 Å². The largest absolute Gasteiger partial charge is 0.464 e. The first-order chi connectivity index (χ1) is 21.2. The molecule has 0 aliphatic heterocycles. The molecular weight excluding hydrogens is 534 g/mol. The summed E-state index contributed by atoms with van der Waals surface area (Å²) in [6.45, 7) is 6.50. The summed E-state index contributed by atoms with van der Waals surface area (Å²) in [6, 6.07) is 0. The van der Waals surface area contributed by atoms with Gasteiger partial charge >= 0.3 is 11.9 Å². The van der Waals surface area contributed by atoms with Crippen molar-refractivity contribution in [2.45, 2.75) is 206 Å². The minimum atomic E-state index is -0.0969. The summed E-state index contributed by atoms with van der Waals surface area (Å²) in [7, 11) is 0. The minimum Gasteiger partial charge on any atom is -0.464 e. The highest BCUT2D eigenvalue weighted by molar-refractivity contribution is 5.69. The van der Waals surface area contributed by atoms with E-state index >= 15 is 0 Å². The van der Waals surface area contributed by atoms with Crippen LogP contribution in [0.1, 0.15) is 206 Å². The Bertz CT molecular complexity index is 520. The molecule has 1 N–H and O–H groups in total. The van der Waals surface area contributed by atoms with Crippen LogP contribution in [0.25, 0.3) is 0 Å². The van der Waals surface area contributed by atoms with Crippen LogP contribution in [0, 0.1) is 0 Å². The molecule has 0 radical (unpaired) electrons. The van der Waals surface area contributed by atoms with Gasteiger partial charge in [0.15, 0.2) is 0 Å². The second-order valence-electron chi connectivity index (χ2n) is 12.9. The van der Waals surface area contributed by atoms with Gasteiger partial charge in [-0.25, -0.2) is 0 Å². The molecule has 0 aliphatic rings. The van der Waals surface area contributed by atoms with Crippen LogP contribution in [-0.2, 0) is 19.1 Å². The van der Waals surface area contributed by atoms with Gasteiger partial charge in [0, 0.05) is 25.9 Å². The quantitative estimate of drug-likeness (QED) is 0.0565. The number of nitrogens with one attached hydrogen (secondary N) is 1. The van der Waals surface area contributed by atoms with E-state index in [1.54, 1.807) is 0 Å². The summed E-state index contributed by atoms with van der Waals surface area (Å²) < 4.78 is 10.6. The molecule has 43 heavy (non-hydrogen) atoms. The zero-order valence-electron chi connectivity index (χ0n) is 29.2. The molecule has 0 atom stereocenters. The molecule has 0 rings (SSSR count). The smallest absolute Gasteiger partial charge is 0.305 e. The highest BCUT2D eigenvalue weighted by atomic mass is 16.5. The first kappa shape index (κ1) is 41.9. The van der Waals surface area contributed by atoms with Crippen LogP contribution in [0.15, 0.2) is 0 Å². The van der Waals surface area contributed by atoms with Crippen molar-refractivity contribution in [1.82, 2.24) is 5.32 Å². The number of carbonyl (C=O) groups excluding carboxylic acids is 2. The van der Waals surface area contributed by atoms with Crippen molar-refractivity contribution in [3.63, 3.8) is 0 Å². The van der Waals surface area contributed by atoms with Gasteiger partial charge in [0.2, 0.25) is 0 Å². The van der Waals surface area contributed by atoms with E-state index in [9.17, 15) is 9.59 Å². The van der Waals surface area contributed by atoms with Gasteiger partial charge in [0.25, 0.3) is 0 Å². The maximum atomic E-state index is 11.9. The summed E-state index contributed by atoms with van der Waals surface area (Å²) in [5, 5.41) is 3.18. The standard InChI is InChI=1S/C38H75NO4/c1-3-5-7-9-11-13-15-17-19-21-23-25-27-29-31-37(40)42-35-33-39-34-36-43-38(41)32-30-28-26-24-22-20-18-16-14-12-10-8-6-4-2/h39H,3-36H2,1-2H3. The normalized spacial score (nSPS) is 11.2. The Morgan fingerprint density at radius 1 is 0.372 bits per heavy atom. The average Bonchev–Trinajstić information content (AvgIpc) is 3.01. The number of esters is 2. The molecule has 0 aromatic carbocycles. The van der Waals surface area contributed by atoms with E-state index in [2.05, 4.69) is 19.2 Å². The van der Waals surface area contributed by atoms with E-state index in [1.165, 1.54) is 154 Å². The molecule has 256 valence electrons. The molecule has 5 heteroatoms. The number of ether oxygens (including phenoxy) is 2. The van der Waals surface area contributed by atoms with Crippen LogP contribution in [0.2, 0.25) is 0 Å². The third-order valence-corrected chi connectivity index (χ3v) is 8.55. The fraction of sp³-hybridized carbons (Fsp3) is 0.947. The third-order valence-electron chi connectivity index (χ3n) is 8.55. The molecule has 5 nitrogen and oxygen atoms in total. The number of unbranched alkanes of at least 4 members (excludes halogenated alkanes) is 26. The molecule has 0 bridgehead atoms. The van der Waals surface area contributed by atoms with Gasteiger partial charge < -0.3 is 14.8 Å². The van der Waals surface area contributed by atoms with Gasteiger partial charge in [0.05, 0.1) is 0 Å². The Balaban J connectivity index is 3.25. The van der Waals surface area contributed by atoms with Crippen LogP contribution >= 0.6 is 0 Å². The second-order valence-corrected chi connectivity index (χ2v) is 12.9. The lowest BCUT2D eigenvalue weighted by Crippen LogP contribution is -2.26. The topological polar surface area (TPSA) is 64.6 Å². The molecule has 0 saturated heterocycles. The maximum absolute atomic E-state index is 11.9. The Morgan fingerprint density at radius 3 is 0.860 bits per heavy atom. The molecule has 0 unspecified atom stereocenters. The molecule has 0 saturated carbocycles. The van der Waals surface area contributed by atoms with Crippen LogP contribution in [0.4, 0.5) is 0 Å². The van der Waals surface area contributed by atoms with Crippen molar-refractivity contribution >= 4 is 11.9 Å². The first-order valence-corrected chi connectivity index (χ1v) is 19.2. The lowest BCUT2D eigenvalue weighted by atomic mass is 10.0. The molecule has 0 heterocycles. The van der Waals surface area contributed by atoms with Gasteiger partial charge in [-0.05, 0) is 12.8 Å². The summed E-state index contributed by atoms with van der Waals surface area (Å²) in [6.07, 6.45) is 37.9. The minimum absolute atomic E-state index is 0.0969. The lowest BCUT2D eigenvalue weighted by Gasteiger charge is -2.08. The van der Waals surface area contributed by atoms with Crippen molar-refractivity contribution in [2.75, 3.05) is 26.3 Å². The monoisotopic (exact) mass is 610 g/mol. The maximum Gasteiger partial charge on any atom is 0.305 e. The molecule has 0 aliphatic carbocycles. The summed E-state index contributed by atoms with van der Waals surface area (Å²) in [5.74, 6) is -0.194. The first-order valence-electron chi connectivity index (χ1n) is 19.2. The molecular formula is C38H75NO4. The number of hydrogen-bond donors (Lipinski definition) is 1. The van der Waals surface area contributed by atoms with Crippen LogP contribution in [0.5, 0.6) is 0 Å². The van der Waals surface area contributed by atoms with Crippen molar-refractivity contribution in [2.24, 2.45) is 0 Å². The molecule has 0 fully saturated rings. The zero-order chi connectivity index (χ0) is 31.3. The molecule has 0 aromatic heterocycles. The van der Waals surface area contributed by atoms with Gasteiger partial charge in [0.1, 0.15) is 13.2 Å². The average molecular weight is 610 g/mol. The van der Waals surface area contributed by atoms with Crippen molar-refractivity contribution < 1.29 is 19.1 Å². The zero-order valence-corrected chi connectivity index (χ0v) is 29.2. The molecule has 0 spiro atoms. The van der Waals surface area contributed by atoms with E-state index in [-0.39, 0.29) is 11.9 Å². The Labute approximate surface area is 268 Å². The number of carbonyl (C=O) groups is 2. The second kappa shape index (κ2) is 37.1. The van der Waals surface area contributed by atoms with Gasteiger partial charge in [-0.1, -0.05) is 181 Å². The van der Waals surface area contributed by atoms with Crippen molar-refractivity contribution in [3.8, 4) is 0 Å². The van der Waals surface area contributed by atoms with Gasteiger partial charge in [-0.2, -0.15) is 0 Å². The van der Waals surface area contributed by atoms with E-state index in [1.807, 2.05) is 0 Å². The van der Waals surface area contributed by atoms with Crippen molar-refractivity contribution in [1.29, 1.82) is 0 Å². The highest BCUT2D eigenvalue weighted by Crippen LogP contribution is 2.15. The van der Waals surface area contributed by atoms with Gasteiger partial charge in [-0.3, -0.25) is 9.59 Å². The molecule has 0 amide bonds. The number of hydrogen-bond acceptors (Lipinski definition) is 5. The lowest BCUT2D eigenvalue weighted by molar-refractivity contribution is -0.143. The summed E-state index contributed by atoms with van der Waals surface area (Å²) >= 11 is 0. The number of rotatable bonds is 36. The van der Waals surface area contributed by atoms with Crippen LogP contribution in [-0.4, -0.2) is 38.2 Å². The predicted octanol–water partition coefficient (Wildman–Crippen LogP) is 11.4. The van der Waals surface area contributed by atoms with E-state index in [0.717, 1.165) is 25.7 Å². The van der Waals surface area contributed by atoms with Gasteiger partial charge in [-0.15, -0.1) is 0 Å². The fourth-order valence-corrected chi connectivity index (χ4v) is 5.67. The Kier molecular flexibility index (Phi) is 36.1. The van der Waals surface area contributed by atoms with Crippen LogP contribution < -0.4 is 5.32 Å². The van der Waals surface area contributed by atoms with E-state index in [4.69, 9.17) is 9.47 Å². The van der Waals surface area contributed by atoms with E-state index in [0.29, 0.717) is 39.1 Å². The summed E-state index contributed by atoms with van der Waals surface area (Å²) in [4.78, 5) is 23.8. The SMILES string of the molecule is CCCCCCCCCCCCCCCCC(=O)OCCNCCOC(=O)CCCCCCCCCCCCCCCC. The fourth-order valence-electron chi connectivity index (χ4n) is 5.67.